The summed E-state index contributed by atoms with van der Waals surface area (Å²) in [5, 5.41) is 6.14. The van der Waals surface area contributed by atoms with Crippen LogP contribution in [0.3, 0.4) is 0 Å². The fourth-order valence-electron chi connectivity index (χ4n) is 2.80. The molecule has 3 heterocycles. The third kappa shape index (κ3) is 2.52. The number of hydrogen-bond acceptors (Lipinski definition) is 5. The second kappa shape index (κ2) is 6.03. The zero-order chi connectivity index (χ0) is 16.7. The Labute approximate surface area is 147 Å². The van der Waals surface area contributed by atoms with Gasteiger partial charge < -0.3 is 4.74 Å². The number of aryl methyl sites for hydroxylation is 2. The number of para-hydroxylation sites is 1. The standard InChI is InChI=1S/C17H15ClN4OS/c1-3-11-10(2)24-17-15(11)16-20-14(21-22(16)9-19-17)8-23-13-7-5-4-6-12(13)18/h4-7,9H,3,8H2,1-2H3. The first-order valence-corrected chi connectivity index (χ1v) is 8.86. The quantitative estimate of drug-likeness (QED) is 0.541. The Morgan fingerprint density at radius 2 is 2.12 bits per heavy atom. The van der Waals surface area contributed by atoms with Crippen LogP contribution in [0.1, 0.15) is 23.2 Å². The molecule has 122 valence electrons. The number of rotatable bonds is 4. The summed E-state index contributed by atoms with van der Waals surface area (Å²) >= 11 is 7.81. The third-order valence-corrected chi connectivity index (χ3v) is 5.29. The molecule has 0 N–H and O–H groups in total. The molecule has 7 heteroatoms. The maximum atomic E-state index is 6.11. The summed E-state index contributed by atoms with van der Waals surface area (Å²) in [7, 11) is 0. The Morgan fingerprint density at radius 1 is 1.29 bits per heavy atom. The molecule has 0 spiro atoms. The number of ether oxygens (including phenoxy) is 1. The Hall–Kier alpha value is -2.18. The molecule has 0 saturated carbocycles. The maximum Gasteiger partial charge on any atom is 0.189 e. The Bertz CT molecular complexity index is 1040. The number of hydrogen-bond donors (Lipinski definition) is 0. The van der Waals surface area contributed by atoms with Crippen molar-refractivity contribution in [1.82, 2.24) is 19.6 Å². The molecule has 0 unspecified atom stereocenters. The lowest BCUT2D eigenvalue weighted by Gasteiger charge is -2.04. The second-order valence-electron chi connectivity index (χ2n) is 5.43. The largest absolute Gasteiger partial charge is 0.484 e. The van der Waals surface area contributed by atoms with E-state index in [1.165, 1.54) is 10.4 Å². The summed E-state index contributed by atoms with van der Waals surface area (Å²) in [5.41, 5.74) is 2.12. The van der Waals surface area contributed by atoms with Crippen molar-refractivity contribution in [2.45, 2.75) is 26.9 Å². The van der Waals surface area contributed by atoms with E-state index in [1.54, 1.807) is 28.2 Å². The minimum atomic E-state index is 0.261. The van der Waals surface area contributed by atoms with E-state index in [4.69, 9.17) is 16.3 Å². The highest BCUT2D eigenvalue weighted by atomic mass is 35.5. The predicted octanol–water partition coefficient (Wildman–Crippen LogP) is 4.44. The number of fused-ring (bicyclic) bond motifs is 3. The van der Waals surface area contributed by atoms with Crippen LogP contribution in [0, 0.1) is 6.92 Å². The molecule has 4 rings (SSSR count). The summed E-state index contributed by atoms with van der Waals surface area (Å²) in [5.74, 6) is 1.23. The molecule has 24 heavy (non-hydrogen) atoms. The van der Waals surface area contributed by atoms with Gasteiger partial charge in [-0.3, -0.25) is 0 Å². The van der Waals surface area contributed by atoms with Gasteiger partial charge in [0.15, 0.2) is 11.5 Å². The van der Waals surface area contributed by atoms with Crippen molar-refractivity contribution in [2.75, 3.05) is 0 Å². The molecule has 0 radical (unpaired) electrons. The third-order valence-electron chi connectivity index (χ3n) is 3.92. The molecule has 0 aliphatic rings. The minimum Gasteiger partial charge on any atom is -0.484 e. The van der Waals surface area contributed by atoms with Gasteiger partial charge in [0.2, 0.25) is 0 Å². The zero-order valence-corrected chi connectivity index (χ0v) is 14.9. The molecule has 0 bridgehead atoms. The summed E-state index contributed by atoms with van der Waals surface area (Å²) in [6.45, 7) is 4.53. The fraction of sp³-hybridized carbons (Fsp3) is 0.235. The van der Waals surface area contributed by atoms with Gasteiger partial charge in [0.1, 0.15) is 23.5 Å². The van der Waals surface area contributed by atoms with Gasteiger partial charge in [-0.05, 0) is 31.0 Å². The Morgan fingerprint density at radius 3 is 2.92 bits per heavy atom. The molecule has 0 aliphatic heterocycles. The maximum absolute atomic E-state index is 6.11. The van der Waals surface area contributed by atoms with Crippen molar-refractivity contribution in [3.63, 3.8) is 0 Å². The van der Waals surface area contributed by atoms with Gasteiger partial charge in [0, 0.05) is 4.88 Å². The summed E-state index contributed by atoms with van der Waals surface area (Å²) in [6, 6.07) is 7.37. The van der Waals surface area contributed by atoms with Crippen LogP contribution in [0.15, 0.2) is 30.6 Å². The Kier molecular flexibility index (Phi) is 3.86. The van der Waals surface area contributed by atoms with Gasteiger partial charge >= 0.3 is 0 Å². The van der Waals surface area contributed by atoms with Crippen LogP contribution in [-0.4, -0.2) is 19.6 Å². The van der Waals surface area contributed by atoms with Crippen molar-refractivity contribution in [3.05, 3.63) is 51.9 Å². The number of halogens is 1. The Balaban J connectivity index is 1.73. The smallest absolute Gasteiger partial charge is 0.189 e. The average Bonchev–Trinajstić information content (AvgIpc) is 3.13. The van der Waals surface area contributed by atoms with E-state index in [9.17, 15) is 0 Å². The number of thiophene rings is 1. The van der Waals surface area contributed by atoms with Crippen molar-refractivity contribution < 1.29 is 4.74 Å². The topological polar surface area (TPSA) is 52.3 Å². The van der Waals surface area contributed by atoms with Crippen LogP contribution < -0.4 is 4.74 Å². The van der Waals surface area contributed by atoms with E-state index in [2.05, 4.69) is 28.9 Å². The van der Waals surface area contributed by atoms with Crippen molar-refractivity contribution in [1.29, 1.82) is 0 Å². The normalized spacial score (nSPS) is 11.5. The van der Waals surface area contributed by atoms with Gasteiger partial charge in [-0.15, -0.1) is 16.4 Å². The molecule has 5 nitrogen and oxygen atoms in total. The molecule has 0 saturated heterocycles. The predicted molar refractivity (Wildman–Crippen MR) is 96.1 cm³/mol. The highest BCUT2D eigenvalue weighted by Gasteiger charge is 2.16. The van der Waals surface area contributed by atoms with Crippen molar-refractivity contribution >= 4 is 38.8 Å². The van der Waals surface area contributed by atoms with E-state index in [1.807, 2.05) is 18.2 Å². The lowest BCUT2D eigenvalue weighted by molar-refractivity contribution is 0.296. The van der Waals surface area contributed by atoms with E-state index in [-0.39, 0.29) is 6.61 Å². The van der Waals surface area contributed by atoms with E-state index in [0.29, 0.717) is 16.6 Å². The summed E-state index contributed by atoms with van der Waals surface area (Å²) in [4.78, 5) is 11.4. The van der Waals surface area contributed by atoms with Gasteiger partial charge in [0.05, 0.1) is 10.4 Å². The molecule has 3 aromatic heterocycles. The average molecular weight is 359 g/mol. The first-order valence-electron chi connectivity index (χ1n) is 7.67. The molecule has 0 aliphatic carbocycles. The summed E-state index contributed by atoms with van der Waals surface area (Å²) in [6.07, 6.45) is 2.66. The second-order valence-corrected chi connectivity index (χ2v) is 7.04. The number of benzene rings is 1. The molecular formula is C17H15ClN4OS. The van der Waals surface area contributed by atoms with Crippen molar-refractivity contribution in [2.24, 2.45) is 0 Å². The van der Waals surface area contributed by atoms with Gasteiger partial charge in [0.25, 0.3) is 0 Å². The molecule has 1 aromatic carbocycles. The number of nitrogens with zero attached hydrogens (tertiary/aromatic N) is 4. The van der Waals surface area contributed by atoms with Gasteiger partial charge in [-0.1, -0.05) is 30.7 Å². The van der Waals surface area contributed by atoms with Gasteiger partial charge in [-0.25, -0.2) is 14.5 Å². The molecule has 0 atom stereocenters. The molecule has 4 aromatic rings. The molecule has 0 amide bonds. The van der Waals surface area contributed by atoms with Crippen LogP contribution >= 0.6 is 22.9 Å². The lowest BCUT2D eigenvalue weighted by atomic mass is 10.1. The molecular weight excluding hydrogens is 344 g/mol. The minimum absolute atomic E-state index is 0.261. The van der Waals surface area contributed by atoms with Crippen LogP contribution in [0.25, 0.3) is 15.9 Å². The van der Waals surface area contributed by atoms with Crippen LogP contribution in [0.4, 0.5) is 0 Å². The first-order chi connectivity index (χ1) is 11.7. The van der Waals surface area contributed by atoms with E-state index in [0.717, 1.165) is 22.3 Å². The first kappa shape index (κ1) is 15.4. The monoisotopic (exact) mass is 358 g/mol. The zero-order valence-electron chi connectivity index (χ0n) is 13.3. The van der Waals surface area contributed by atoms with Crippen molar-refractivity contribution in [3.8, 4) is 5.75 Å². The SMILES string of the molecule is CCc1c(C)sc2ncn3nc(COc4ccccc4Cl)nc3c12. The van der Waals surface area contributed by atoms with E-state index < -0.39 is 0 Å². The highest BCUT2D eigenvalue weighted by Crippen LogP contribution is 2.32. The lowest BCUT2D eigenvalue weighted by Crippen LogP contribution is -1.98. The fourth-order valence-corrected chi connectivity index (χ4v) is 4.07. The molecule has 0 fully saturated rings. The van der Waals surface area contributed by atoms with Crippen LogP contribution in [0.5, 0.6) is 5.75 Å². The van der Waals surface area contributed by atoms with Crippen LogP contribution in [0.2, 0.25) is 5.02 Å². The van der Waals surface area contributed by atoms with E-state index >= 15 is 0 Å². The highest BCUT2D eigenvalue weighted by molar-refractivity contribution is 7.18. The number of aromatic nitrogens is 4. The van der Waals surface area contributed by atoms with Gasteiger partial charge in [-0.2, -0.15) is 0 Å². The van der Waals surface area contributed by atoms with Crippen LogP contribution in [-0.2, 0) is 13.0 Å². The summed E-state index contributed by atoms with van der Waals surface area (Å²) < 4.78 is 7.46.